The van der Waals surface area contributed by atoms with Crippen LogP contribution in [0, 0.1) is 28.9 Å². The maximum atomic E-state index is 13.7. The van der Waals surface area contributed by atoms with Crippen molar-refractivity contribution >= 4 is 23.2 Å². The number of benzene rings is 1. The summed E-state index contributed by atoms with van der Waals surface area (Å²) >= 11 is 0. The minimum atomic E-state index is -0.864. The van der Waals surface area contributed by atoms with Crippen molar-refractivity contribution in [1.82, 2.24) is 5.16 Å². The van der Waals surface area contributed by atoms with Gasteiger partial charge in [0.25, 0.3) is 11.6 Å². The van der Waals surface area contributed by atoms with Crippen LogP contribution in [0.4, 0.5) is 11.5 Å². The van der Waals surface area contributed by atoms with Crippen molar-refractivity contribution in [3.05, 3.63) is 63.1 Å². The molecule has 2 aliphatic heterocycles. The van der Waals surface area contributed by atoms with E-state index in [1.807, 2.05) is 0 Å². The molecule has 1 saturated carbocycles. The minimum absolute atomic E-state index is 0.0309. The number of anilines is 1. The third kappa shape index (κ3) is 3.11. The molecule has 0 N–H and O–H groups in total. The number of ether oxygens (including phenoxy) is 1. The molecule has 1 aromatic heterocycles. The third-order valence-corrected chi connectivity index (χ3v) is 6.79. The fraction of sp³-hybridized carbons (Fsp3) is 0.435. The lowest BCUT2D eigenvalue weighted by Gasteiger charge is -2.38. The van der Waals surface area contributed by atoms with Crippen molar-refractivity contribution in [2.45, 2.75) is 51.7 Å². The van der Waals surface area contributed by atoms with E-state index < -0.39 is 16.9 Å². The highest BCUT2D eigenvalue weighted by Crippen LogP contribution is 2.49. The number of nitro benzene ring substituents is 1. The van der Waals surface area contributed by atoms with Crippen molar-refractivity contribution in [1.29, 1.82) is 0 Å². The van der Waals surface area contributed by atoms with Gasteiger partial charge in [0.15, 0.2) is 17.4 Å². The molecule has 1 amide bonds. The van der Waals surface area contributed by atoms with E-state index in [4.69, 9.17) is 9.26 Å². The Bertz CT molecular complexity index is 1150. The van der Waals surface area contributed by atoms with Crippen LogP contribution < -0.4 is 4.90 Å². The molecule has 4 unspecified atom stereocenters. The van der Waals surface area contributed by atoms with E-state index in [1.54, 1.807) is 25.1 Å². The summed E-state index contributed by atoms with van der Waals surface area (Å²) in [5.41, 5.74) is 0.594. The number of nitro groups is 1. The number of carbonyl (C=O) groups excluding carboxylic acids is 2. The lowest BCUT2D eigenvalue weighted by molar-refractivity contribution is -0.384. The number of non-ortho nitro benzene ring substituents is 1. The maximum Gasteiger partial charge on any atom is 0.295 e. The Kier molecular flexibility index (Phi) is 4.83. The number of amides is 1. The Labute approximate surface area is 184 Å². The number of aromatic nitrogens is 1. The molecule has 1 fully saturated rings. The number of ketones is 1. The van der Waals surface area contributed by atoms with Gasteiger partial charge in [-0.15, -0.1) is 0 Å². The zero-order chi connectivity index (χ0) is 22.6. The summed E-state index contributed by atoms with van der Waals surface area (Å²) in [5.74, 6) is 0.306. The van der Waals surface area contributed by atoms with Crippen molar-refractivity contribution in [3.63, 3.8) is 0 Å². The van der Waals surface area contributed by atoms with Gasteiger partial charge in [0.2, 0.25) is 0 Å². The second kappa shape index (κ2) is 7.58. The number of fused-ring (bicyclic) bond motifs is 1. The Morgan fingerprint density at radius 3 is 2.75 bits per heavy atom. The third-order valence-electron chi connectivity index (χ3n) is 6.79. The molecule has 0 bridgehead atoms. The van der Waals surface area contributed by atoms with Gasteiger partial charge in [-0.3, -0.25) is 24.6 Å². The zero-order valence-corrected chi connectivity index (χ0v) is 17.8. The van der Waals surface area contributed by atoms with Crippen molar-refractivity contribution in [2.75, 3.05) is 4.90 Å². The van der Waals surface area contributed by atoms with E-state index in [1.165, 1.54) is 17.0 Å². The monoisotopic (exact) mass is 437 g/mol. The molecular formula is C23H23N3O6. The molecule has 166 valence electrons. The first-order valence-electron chi connectivity index (χ1n) is 10.8. The van der Waals surface area contributed by atoms with Gasteiger partial charge >= 0.3 is 0 Å². The van der Waals surface area contributed by atoms with Crippen LogP contribution in [0.2, 0.25) is 0 Å². The molecule has 0 saturated heterocycles. The highest BCUT2D eigenvalue weighted by Gasteiger charge is 2.53. The molecule has 2 aromatic rings. The Balaban J connectivity index is 1.64. The second-order valence-electron chi connectivity index (χ2n) is 8.68. The zero-order valence-electron chi connectivity index (χ0n) is 17.8. The van der Waals surface area contributed by atoms with Gasteiger partial charge < -0.3 is 9.26 Å². The Morgan fingerprint density at radius 1 is 1.25 bits per heavy atom. The van der Waals surface area contributed by atoms with Gasteiger partial charge in [-0.25, -0.2) is 0 Å². The molecule has 32 heavy (non-hydrogen) atoms. The molecule has 4 atom stereocenters. The quantitative estimate of drug-likeness (QED) is 0.524. The van der Waals surface area contributed by atoms with E-state index >= 15 is 0 Å². The predicted octanol–water partition coefficient (Wildman–Crippen LogP) is 4.03. The fourth-order valence-electron chi connectivity index (χ4n) is 5.15. The summed E-state index contributed by atoms with van der Waals surface area (Å²) in [7, 11) is 0. The summed E-state index contributed by atoms with van der Waals surface area (Å²) in [6.45, 7) is 3.82. The van der Waals surface area contributed by atoms with Crippen LogP contribution in [0.3, 0.4) is 0 Å². The SMILES string of the molecule is CCC1CCC2OC3=C(C(=O)C2C1)C(c1cccc([N+](=O)[O-])c1)N(c1cc(C)on1)C3=O. The topological polar surface area (TPSA) is 116 Å². The standard InChI is InChI=1S/C23H23N3O6/c1-3-13-7-8-17-16(10-13)21(27)19-20(14-5-4-6-15(11-14)26(29)30)25(23(28)22(19)31-17)18-9-12(2)32-24-18/h4-6,9,11,13,16-17,20H,3,7-8,10H2,1-2H3. The predicted molar refractivity (Wildman–Crippen MR) is 113 cm³/mol. The van der Waals surface area contributed by atoms with Crippen LogP contribution in [0.15, 0.2) is 46.2 Å². The molecule has 3 heterocycles. The molecule has 9 heteroatoms. The fourth-order valence-corrected chi connectivity index (χ4v) is 5.15. The first kappa shape index (κ1) is 20.4. The van der Waals surface area contributed by atoms with Crippen LogP contribution in [0.25, 0.3) is 0 Å². The molecular weight excluding hydrogens is 414 g/mol. The Morgan fingerprint density at radius 2 is 2.06 bits per heavy atom. The number of nitrogens with zero attached hydrogens (tertiary/aromatic N) is 3. The van der Waals surface area contributed by atoms with E-state index in [2.05, 4.69) is 12.1 Å². The van der Waals surface area contributed by atoms with E-state index in [0.717, 1.165) is 25.7 Å². The van der Waals surface area contributed by atoms with Gasteiger partial charge in [0.05, 0.1) is 22.5 Å². The summed E-state index contributed by atoms with van der Waals surface area (Å²) in [5, 5.41) is 15.4. The summed E-state index contributed by atoms with van der Waals surface area (Å²) in [6.07, 6.45) is 3.07. The number of Topliss-reactive ketones (excluding diaryl/α,β-unsaturated/α-hetero) is 1. The van der Waals surface area contributed by atoms with Gasteiger partial charge in [-0.05, 0) is 37.7 Å². The van der Waals surface area contributed by atoms with E-state index in [9.17, 15) is 19.7 Å². The van der Waals surface area contributed by atoms with Crippen molar-refractivity contribution in [2.24, 2.45) is 11.8 Å². The Hall–Kier alpha value is -3.49. The molecule has 1 aromatic carbocycles. The summed E-state index contributed by atoms with van der Waals surface area (Å²) < 4.78 is 11.3. The highest BCUT2D eigenvalue weighted by atomic mass is 16.6. The maximum absolute atomic E-state index is 13.7. The molecule has 0 radical (unpaired) electrons. The highest BCUT2D eigenvalue weighted by molar-refractivity contribution is 6.17. The number of carbonyl (C=O) groups is 2. The number of hydrogen-bond donors (Lipinski definition) is 0. The first-order valence-corrected chi connectivity index (χ1v) is 10.8. The van der Waals surface area contributed by atoms with Crippen molar-refractivity contribution < 1.29 is 23.8 Å². The van der Waals surface area contributed by atoms with E-state index in [-0.39, 0.29) is 40.6 Å². The first-order chi connectivity index (χ1) is 15.4. The second-order valence-corrected chi connectivity index (χ2v) is 8.68. The number of rotatable bonds is 4. The smallest absolute Gasteiger partial charge is 0.295 e. The largest absolute Gasteiger partial charge is 0.483 e. The van der Waals surface area contributed by atoms with Crippen LogP contribution >= 0.6 is 0 Å². The van der Waals surface area contributed by atoms with Crippen LogP contribution in [0.5, 0.6) is 0 Å². The van der Waals surface area contributed by atoms with Gasteiger partial charge in [0, 0.05) is 18.2 Å². The molecule has 5 rings (SSSR count). The summed E-state index contributed by atoms with van der Waals surface area (Å²) in [4.78, 5) is 39.4. The van der Waals surface area contributed by atoms with E-state index in [0.29, 0.717) is 17.2 Å². The normalized spacial score (nSPS) is 27.2. The molecule has 9 nitrogen and oxygen atoms in total. The van der Waals surface area contributed by atoms with Gasteiger partial charge in [0.1, 0.15) is 11.9 Å². The number of hydrogen-bond acceptors (Lipinski definition) is 7. The minimum Gasteiger partial charge on any atom is -0.483 e. The van der Waals surface area contributed by atoms with Crippen LogP contribution in [0.1, 0.15) is 50.0 Å². The number of aryl methyl sites for hydroxylation is 1. The van der Waals surface area contributed by atoms with Gasteiger partial charge in [-0.1, -0.05) is 30.6 Å². The summed E-state index contributed by atoms with van der Waals surface area (Å²) in [6, 6.07) is 6.73. The van der Waals surface area contributed by atoms with Gasteiger partial charge in [-0.2, -0.15) is 0 Å². The molecule has 1 aliphatic carbocycles. The lowest BCUT2D eigenvalue weighted by Crippen LogP contribution is -2.41. The van der Waals surface area contributed by atoms with Crippen LogP contribution in [-0.4, -0.2) is 27.9 Å². The average molecular weight is 437 g/mol. The molecule has 0 spiro atoms. The molecule has 3 aliphatic rings. The van der Waals surface area contributed by atoms with Crippen molar-refractivity contribution in [3.8, 4) is 0 Å². The van der Waals surface area contributed by atoms with Crippen LogP contribution in [-0.2, 0) is 14.3 Å². The lowest BCUT2D eigenvalue weighted by atomic mass is 9.73. The average Bonchev–Trinajstić information content (AvgIpc) is 3.34.